The molecule has 1 aromatic carbocycles. The van der Waals surface area contributed by atoms with Gasteiger partial charge in [-0.25, -0.2) is 22.7 Å². The third-order valence-corrected chi connectivity index (χ3v) is 4.65. The summed E-state index contributed by atoms with van der Waals surface area (Å²) < 4.78 is 41.2. The van der Waals surface area contributed by atoms with Gasteiger partial charge in [0.25, 0.3) is 0 Å². The van der Waals surface area contributed by atoms with Crippen molar-refractivity contribution in [1.82, 2.24) is 4.72 Å². The number of hydrogen-bond acceptors (Lipinski definition) is 7. The molecule has 1 aromatic heterocycles. The molecule has 0 aliphatic heterocycles. The molecule has 0 spiro atoms. The molecule has 2 rings (SSSR count). The van der Waals surface area contributed by atoms with Gasteiger partial charge in [0.05, 0.1) is 30.4 Å². The lowest BCUT2D eigenvalue weighted by molar-refractivity contribution is -0.149. The van der Waals surface area contributed by atoms with E-state index in [1.165, 1.54) is 44.6 Å². The summed E-state index contributed by atoms with van der Waals surface area (Å²) >= 11 is 0. The van der Waals surface area contributed by atoms with Crippen LogP contribution in [0.4, 0.5) is 0 Å². The van der Waals surface area contributed by atoms with Crippen molar-refractivity contribution in [3.63, 3.8) is 0 Å². The molecule has 0 fully saturated rings. The van der Waals surface area contributed by atoms with E-state index in [2.05, 4.69) is 9.46 Å². The van der Waals surface area contributed by atoms with E-state index in [4.69, 9.17) is 9.15 Å². The summed E-state index contributed by atoms with van der Waals surface area (Å²) in [5.74, 6) is -0.972. The number of benzene rings is 1. The summed E-state index contributed by atoms with van der Waals surface area (Å²) in [6.45, 7) is 1.39. The third-order valence-electron chi connectivity index (χ3n) is 3.23. The maximum absolute atomic E-state index is 12.2. The minimum atomic E-state index is -3.76. The summed E-state index contributed by atoms with van der Waals surface area (Å²) in [4.78, 5) is 23.1. The van der Waals surface area contributed by atoms with Gasteiger partial charge in [-0.1, -0.05) is 0 Å². The van der Waals surface area contributed by atoms with Gasteiger partial charge in [0.15, 0.2) is 6.10 Å². The van der Waals surface area contributed by atoms with Gasteiger partial charge < -0.3 is 13.9 Å². The summed E-state index contributed by atoms with van der Waals surface area (Å²) in [6, 6.07) is 8.43. The first kappa shape index (κ1) is 18.7. The zero-order chi connectivity index (χ0) is 18.4. The van der Waals surface area contributed by atoms with Gasteiger partial charge in [-0.3, -0.25) is 0 Å². The van der Waals surface area contributed by atoms with Crippen molar-refractivity contribution >= 4 is 22.0 Å². The maximum atomic E-state index is 12.2. The topological polar surface area (TPSA) is 112 Å². The second-order valence-corrected chi connectivity index (χ2v) is 6.77. The van der Waals surface area contributed by atoms with Crippen LogP contribution in [0.5, 0.6) is 0 Å². The largest absolute Gasteiger partial charge is 0.468 e. The number of esters is 2. The van der Waals surface area contributed by atoms with Gasteiger partial charge in [0.2, 0.25) is 10.0 Å². The molecule has 0 saturated heterocycles. The van der Waals surface area contributed by atoms with Crippen LogP contribution < -0.4 is 4.72 Å². The van der Waals surface area contributed by atoms with Gasteiger partial charge in [0.1, 0.15) is 5.76 Å². The molecule has 0 bridgehead atoms. The number of hydrogen-bond donors (Lipinski definition) is 1. The van der Waals surface area contributed by atoms with Gasteiger partial charge >= 0.3 is 11.9 Å². The van der Waals surface area contributed by atoms with E-state index in [9.17, 15) is 18.0 Å². The van der Waals surface area contributed by atoms with E-state index < -0.39 is 28.1 Å². The van der Waals surface area contributed by atoms with Crippen LogP contribution in [-0.4, -0.2) is 33.6 Å². The molecule has 134 valence electrons. The fourth-order valence-electron chi connectivity index (χ4n) is 1.88. The Labute approximate surface area is 144 Å². The Morgan fingerprint density at radius 2 is 1.88 bits per heavy atom. The molecule has 1 atom stereocenters. The number of furan rings is 1. The van der Waals surface area contributed by atoms with Crippen molar-refractivity contribution in [2.24, 2.45) is 0 Å². The van der Waals surface area contributed by atoms with Crippen LogP contribution in [0, 0.1) is 0 Å². The molecule has 2 aromatic rings. The Kier molecular flexibility index (Phi) is 5.94. The van der Waals surface area contributed by atoms with Crippen molar-refractivity contribution in [3.05, 3.63) is 54.0 Å². The van der Waals surface area contributed by atoms with Crippen molar-refractivity contribution in [1.29, 1.82) is 0 Å². The zero-order valence-electron chi connectivity index (χ0n) is 13.6. The summed E-state index contributed by atoms with van der Waals surface area (Å²) in [5.41, 5.74) is 0.112. The number of methoxy groups -OCH3 is 1. The number of carbonyl (C=O) groups excluding carboxylic acids is 2. The monoisotopic (exact) mass is 367 g/mol. The minimum Gasteiger partial charge on any atom is -0.468 e. The molecule has 0 aliphatic carbocycles. The van der Waals surface area contributed by atoms with Gasteiger partial charge in [-0.2, -0.15) is 0 Å². The van der Waals surface area contributed by atoms with Crippen LogP contribution in [0.1, 0.15) is 23.0 Å². The number of ether oxygens (including phenoxy) is 2. The lowest BCUT2D eigenvalue weighted by Crippen LogP contribution is -2.25. The van der Waals surface area contributed by atoms with E-state index in [0.717, 1.165) is 0 Å². The molecule has 1 N–H and O–H groups in total. The van der Waals surface area contributed by atoms with Gasteiger partial charge in [-0.05, 0) is 43.3 Å². The molecule has 9 heteroatoms. The summed E-state index contributed by atoms with van der Waals surface area (Å²) in [6.07, 6.45) is 0.384. The van der Waals surface area contributed by atoms with Crippen molar-refractivity contribution in [2.75, 3.05) is 7.11 Å². The van der Waals surface area contributed by atoms with Crippen LogP contribution >= 0.6 is 0 Å². The smallest absolute Gasteiger partial charge is 0.346 e. The van der Waals surface area contributed by atoms with Crippen molar-refractivity contribution in [3.8, 4) is 0 Å². The average molecular weight is 367 g/mol. The quantitative estimate of drug-likeness (QED) is 0.738. The van der Waals surface area contributed by atoms with E-state index >= 15 is 0 Å². The first-order chi connectivity index (χ1) is 11.8. The number of rotatable bonds is 7. The number of carbonyl (C=O) groups is 2. The molecular weight excluding hydrogens is 350 g/mol. The Morgan fingerprint density at radius 1 is 1.20 bits per heavy atom. The molecule has 0 aliphatic rings. The van der Waals surface area contributed by atoms with Crippen LogP contribution in [0.15, 0.2) is 52.0 Å². The normalized spacial score (nSPS) is 12.4. The minimum absolute atomic E-state index is 0.00969. The molecule has 0 saturated carbocycles. The predicted octanol–water partition coefficient (Wildman–Crippen LogP) is 1.48. The Morgan fingerprint density at radius 3 is 2.44 bits per heavy atom. The number of sulfonamides is 1. The second-order valence-electron chi connectivity index (χ2n) is 5.00. The SMILES string of the molecule is COC(=O)[C@H](C)OC(=O)c1ccc(S(=O)(=O)NCc2ccco2)cc1. The highest BCUT2D eigenvalue weighted by Crippen LogP contribution is 2.13. The van der Waals surface area contributed by atoms with E-state index in [1.54, 1.807) is 12.1 Å². The Hall–Kier alpha value is -2.65. The lowest BCUT2D eigenvalue weighted by atomic mass is 10.2. The highest BCUT2D eigenvalue weighted by atomic mass is 32.2. The standard InChI is InChI=1S/C16H17NO7S/c1-11(15(18)22-2)24-16(19)12-5-7-14(8-6-12)25(20,21)17-10-13-4-3-9-23-13/h3-9,11,17H,10H2,1-2H3/t11-/m0/s1. The molecule has 0 radical (unpaired) electrons. The predicted molar refractivity (Wildman–Crippen MR) is 86.1 cm³/mol. The molecule has 1 heterocycles. The van der Waals surface area contributed by atoms with Crippen LogP contribution in [0.3, 0.4) is 0 Å². The first-order valence-corrected chi connectivity index (χ1v) is 8.72. The van der Waals surface area contributed by atoms with Crippen LogP contribution in [0.25, 0.3) is 0 Å². The first-order valence-electron chi connectivity index (χ1n) is 7.24. The Bertz CT molecular complexity index is 826. The summed E-state index contributed by atoms with van der Waals surface area (Å²) in [7, 11) is -2.57. The van der Waals surface area contributed by atoms with Crippen molar-refractivity contribution in [2.45, 2.75) is 24.5 Å². The van der Waals surface area contributed by atoms with Crippen molar-refractivity contribution < 1.29 is 31.9 Å². The third kappa shape index (κ3) is 4.91. The van der Waals surface area contributed by atoms with E-state index in [1.807, 2.05) is 0 Å². The van der Waals surface area contributed by atoms with Gasteiger partial charge in [0, 0.05) is 0 Å². The maximum Gasteiger partial charge on any atom is 0.346 e. The molecule has 25 heavy (non-hydrogen) atoms. The molecular formula is C16H17NO7S. The molecule has 0 unspecified atom stereocenters. The highest BCUT2D eigenvalue weighted by Gasteiger charge is 2.20. The lowest BCUT2D eigenvalue weighted by Gasteiger charge is -2.11. The Balaban J connectivity index is 2.03. The van der Waals surface area contributed by atoms with Gasteiger partial charge in [-0.15, -0.1) is 0 Å². The number of nitrogens with one attached hydrogen (secondary N) is 1. The summed E-state index contributed by atoms with van der Waals surface area (Å²) in [5, 5.41) is 0. The second kappa shape index (κ2) is 7.95. The van der Waals surface area contributed by atoms with Crippen LogP contribution in [-0.2, 0) is 30.8 Å². The highest BCUT2D eigenvalue weighted by molar-refractivity contribution is 7.89. The van der Waals surface area contributed by atoms with E-state index in [0.29, 0.717) is 5.76 Å². The van der Waals surface area contributed by atoms with E-state index in [-0.39, 0.29) is 17.0 Å². The fourth-order valence-corrected chi connectivity index (χ4v) is 2.87. The molecule has 0 amide bonds. The fraction of sp³-hybridized carbons (Fsp3) is 0.250. The van der Waals surface area contributed by atoms with Crippen LogP contribution in [0.2, 0.25) is 0 Å². The molecule has 8 nitrogen and oxygen atoms in total. The zero-order valence-corrected chi connectivity index (χ0v) is 14.4. The average Bonchev–Trinajstić information content (AvgIpc) is 3.13.